The zero-order valence-corrected chi connectivity index (χ0v) is 16.5. The third-order valence-corrected chi connectivity index (χ3v) is 4.49. The van der Waals surface area contributed by atoms with Gasteiger partial charge < -0.3 is 14.6 Å². The van der Waals surface area contributed by atoms with Crippen molar-refractivity contribution in [2.45, 2.75) is 25.8 Å². The fraction of sp³-hybridized carbons (Fsp3) is 0.421. The molecule has 1 aromatic heterocycles. The number of guanidine groups is 1. The van der Waals surface area contributed by atoms with E-state index in [1.807, 2.05) is 19.2 Å². The minimum atomic E-state index is 0. The number of benzene rings is 1. The van der Waals surface area contributed by atoms with Gasteiger partial charge in [-0.3, -0.25) is 4.99 Å². The van der Waals surface area contributed by atoms with Crippen molar-refractivity contribution < 1.29 is 4.42 Å². The summed E-state index contributed by atoms with van der Waals surface area (Å²) in [5.41, 5.74) is 1.45. The van der Waals surface area contributed by atoms with Crippen molar-refractivity contribution >= 4 is 29.9 Å². The maximum atomic E-state index is 5.36. The lowest BCUT2D eigenvalue weighted by Crippen LogP contribution is -2.45. The van der Waals surface area contributed by atoms with E-state index in [2.05, 4.69) is 45.5 Å². The van der Waals surface area contributed by atoms with Crippen molar-refractivity contribution in [1.82, 2.24) is 10.2 Å². The summed E-state index contributed by atoms with van der Waals surface area (Å²) in [6, 6.07) is 14.7. The van der Waals surface area contributed by atoms with Crippen molar-refractivity contribution in [2.75, 3.05) is 20.1 Å². The highest BCUT2D eigenvalue weighted by molar-refractivity contribution is 14.0. The van der Waals surface area contributed by atoms with E-state index in [1.165, 1.54) is 24.8 Å². The first-order valence-corrected chi connectivity index (χ1v) is 8.37. The molecule has 0 unspecified atom stereocenters. The molecule has 0 radical (unpaired) electrons. The molecule has 1 N–H and O–H groups in total. The van der Waals surface area contributed by atoms with Crippen molar-refractivity contribution in [3.05, 3.63) is 60.1 Å². The fourth-order valence-electron chi connectivity index (χ4n) is 3.21. The van der Waals surface area contributed by atoms with Crippen LogP contribution in [0.5, 0.6) is 0 Å². The highest BCUT2D eigenvalue weighted by Gasteiger charge is 2.21. The van der Waals surface area contributed by atoms with E-state index >= 15 is 0 Å². The van der Waals surface area contributed by atoms with Gasteiger partial charge in [0.25, 0.3) is 0 Å². The van der Waals surface area contributed by atoms with Crippen molar-refractivity contribution in [3.8, 4) is 0 Å². The van der Waals surface area contributed by atoms with Crippen molar-refractivity contribution in [1.29, 1.82) is 0 Å². The molecule has 1 aliphatic heterocycles. The summed E-state index contributed by atoms with van der Waals surface area (Å²) in [4.78, 5) is 6.76. The second-order valence-electron chi connectivity index (χ2n) is 6.10. The van der Waals surface area contributed by atoms with E-state index in [-0.39, 0.29) is 24.0 Å². The first kappa shape index (κ1) is 18.8. The molecule has 4 nitrogen and oxygen atoms in total. The summed E-state index contributed by atoms with van der Waals surface area (Å²) in [7, 11) is 1.85. The monoisotopic (exact) mass is 439 g/mol. The lowest BCUT2D eigenvalue weighted by atomic mass is 9.90. The number of likely N-dealkylation sites (tertiary alicyclic amines) is 1. The summed E-state index contributed by atoms with van der Waals surface area (Å²) in [6.07, 6.45) is 5.33. The van der Waals surface area contributed by atoms with E-state index in [1.54, 1.807) is 6.26 Å². The summed E-state index contributed by atoms with van der Waals surface area (Å²) >= 11 is 0. The average molecular weight is 439 g/mol. The molecule has 5 heteroatoms. The van der Waals surface area contributed by atoms with Crippen LogP contribution in [0.2, 0.25) is 0 Å². The number of hydrogen-bond donors (Lipinski definition) is 1. The van der Waals surface area contributed by atoms with E-state index in [4.69, 9.17) is 4.42 Å². The highest BCUT2D eigenvalue weighted by Crippen LogP contribution is 2.21. The number of nitrogens with one attached hydrogen (secondary N) is 1. The molecular formula is C19H26IN3O. The number of rotatable bonds is 4. The number of hydrogen-bond acceptors (Lipinski definition) is 2. The van der Waals surface area contributed by atoms with Gasteiger partial charge in [0.2, 0.25) is 0 Å². The zero-order valence-electron chi connectivity index (χ0n) is 14.1. The third-order valence-electron chi connectivity index (χ3n) is 4.49. The van der Waals surface area contributed by atoms with E-state index in [9.17, 15) is 0 Å². The van der Waals surface area contributed by atoms with Crippen molar-refractivity contribution in [2.24, 2.45) is 10.9 Å². The molecule has 0 atom stereocenters. The summed E-state index contributed by atoms with van der Waals surface area (Å²) < 4.78 is 5.36. The van der Waals surface area contributed by atoms with Gasteiger partial charge in [-0.1, -0.05) is 30.3 Å². The molecule has 24 heavy (non-hydrogen) atoms. The molecule has 130 valence electrons. The molecule has 0 saturated carbocycles. The standard InChI is InChI=1S/C19H25N3O.HI/c1-20-19(21-15-18-8-5-13-23-18)22-11-9-17(10-12-22)14-16-6-3-2-4-7-16;/h2-8,13,17H,9-12,14-15H2,1H3,(H,20,21);1H. The first-order valence-electron chi connectivity index (χ1n) is 8.37. The van der Waals surface area contributed by atoms with E-state index in [0.717, 1.165) is 30.7 Å². The molecule has 0 spiro atoms. The largest absolute Gasteiger partial charge is 0.467 e. The number of halogens is 1. The predicted octanol–water partition coefficient (Wildman–Crippen LogP) is 3.93. The van der Waals surface area contributed by atoms with Crippen LogP contribution < -0.4 is 5.32 Å². The van der Waals surface area contributed by atoms with Crippen LogP contribution in [0.3, 0.4) is 0 Å². The Labute approximate surface area is 161 Å². The number of aliphatic imine (C=N–C) groups is 1. The maximum absolute atomic E-state index is 5.36. The van der Waals surface area contributed by atoms with Gasteiger partial charge in [0.15, 0.2) is 5.96 Å². The number of piperidine rings is 1. The topological polar surface area (TPSA) is 40.8 Å². The van der Waals surface area contributed by atoms with Crippen LogP contribution in [0, 0.1) is 5.92 Å². The third kappa shape index (κ3) is 5.26. The van der Waals surface area contributed by atoms with Gasteiger partial charge in [-0.25, -0.2) is 0 Å². The lowest BCUT2D eigenvalue weighted by Gasteiger charge is -2.34. The van der Waals surface area contributed by atoms with E-state index < -0.39 is 0 Å². The second kappa shape index (κ2) is 9.71. The van der Waals surface area contributed by atoms with Gasteiger partial charge >= 0.3 is 0 Å². The Morgan fingerprint density at radius 3 is 2.54 bits per heavy atom. The van der Waals surface area contributed by atoms with Gasteiger partial charge in [-0.05, 0) is 42.9 Å². The fourth-order valence-corrected chi connectivity index (χ4v) is 3.21. The summed E-state index contributed by atoms with van der Waals surface area (Å²) in [5.74, 6) is 2.68. The maximum Gasteiger partial charge on any atom is 0.194 e. The van der Waals surface area contributed by atoms with Crippen molar-refractivity contribution in [3.63, 3.8) is 0 Å². The van der Waals surface area contributed by atoms with Gasteiger partial charge in [0.05, 0.1) is 12.8 Å². The van der Waals surface area contributed by atoms with Crippen LogP contribution in [0.25, 0.3) is 0 Å². The number of furan rings is 1. The van der Waals surface area contributed by atoms with Gasteiger partial charge in [0, 0.05) is 20.1 Å². The zero-order chi connectivity index (χ0) is 15.9. The Hall–Kier alpha value is -1.50. The van der Waals surface area contributed by atoms with Crippen LogP contribution in [0.15, 0.2) is 58.1 Å². The predicted molar refractivity (Wildman–Crippen MR) is 109 cm³/mol. The lowest BCUT2D eigenvalue weighted by molar-refractivity contribution is 0.258. The molecule has 2 aromatic rings. The van der Waals surface area contributed by atoms with E-state index in [0.29, 0.717) is 6.54 Å². The Balaban J connectivity index is 0.00000208. The summed E-state index contributed by atoms with van der Waals surface area (Å²) in [6.45, 7) is 2.81. The average Bonchev–Trinajstić information content (AvgIpc) is 3.11. The minimum absolute atomic E-state index is 0. The normalized spacial score (nSPS) is 15.9. The Morgan fingerprint density at radius 1 is 1.17 bits per heavy atom. The Kier molecular flexibility index (Phi) is 7.62. The molecule has 0 amide bonds. The Bertz CT molecular complexity index is 605. The quantitative estimate of drug-likeness (QED) is 0.446. The van der Waals surface area contributed by atoms with Crippen LogP contribution >= 0.6 is 24.0 Å². The highest BCUT2D eigenvalue weighted by atomic mass is 127. The minimum Gasteiger partial charge on any atom is -0.467 e. The molecule has 1 saturated heterocycles. The molecule has 1 aromatic carbocycles. The van der Waals surface area contributed by atoms with Crippen LogP contribution in [0.1, 0.15) is 24.2 Å². The molecular weight excluding hydrogens is 413 g/mol. The first-order chi connectivity index (χ1) is 11.3. The Morgan fingerprint density at radius 2 is 1.92 bits per heavy atom. The molecule has 1 aliphatic rings. The van der Waals surface area contributed by atoms with Gasteiger partial charge in [0.1, 0.15) is 5.76 Å². The SMILES string of the molecule is CN=C(NCc1ccco1)N1CCC(Cc2ccccc2)CC1.I. The van der Waals surface area contributed by atoms with Crippen LogP contribution in [-0.2, 0) is 13.0 Å². The molecule has 0 aliphatic carbocycles. The molecule has 1 fully saturated rings. The van der Waals surface area contributed by atoms with Gasteiger partial charge in [-0.2, -0.15) is 0 Å². The van der Waals surface area contributed by atoms with Gasteiger partial charge in [-0.15, -0.1) is 24.0 Å². The smallest absolute Gasteiger partial charge is 0.194 e. The second-order valence-corrected chi connectivity index (χ2v) is 6.10. The van der Waals surface area contributed by atoms with Crippen LogP contribution in [-0.4, -0.2) is 31.0 Å². The molecule has 3 rings (SSSR count). The molecule has 0 bridgehead atoms. The number of nitrogens with zero attached hydrogens (tertiary/aromatic N) is 2. The molecule has 2 heterocycles. The van der Waals surface area contributed by atoms with Crippen LogP contribution in [0.4, 0.5) is 0 Å². The summed E-state index contributed by atoms with van der Waals surface area (Å²) in [5, 5.41) is 3.39.